The van der Waals surface area contributed by atoms with Crippen LogP contribution in [0.15, 0.2) is 0 Å². The van der Waals surface area contributed by atoms with E-state index in [-0.39, 0.29) is 5.97 Å². The van der Waals surface area contributed by atoms with Gasteiger partial charge in [0.05, 0.1) is 6.61 Å². The molecule has 0 aliphatic heterocycles. The van der Waals surface area contributed by atoms with E-state index in [0.29, 0.717) is 18.9 Å². The summed E-state index contributed by atoms with van der Waals surface area (Å²) in [5.74, 6) is 1.48. The van der Waals surface area contributed by atoms with Gasteiger partial charge in [-0.2, -0.15) is 0 Å². The second kappa shape index (κ2) is 25.1. The van der Waals surface area contributed by atoms with Crippen LogP contribution in [0.5, 0.6) is 0 Å². The third kappa shape index (κ3) is 24.1. The van der Waals surface area contributed by atoms with Crippen LogP contribution in [0.4, 0.5) is 0 Å². The summed E-state index contributed by atoms with van der Waals surface area (Å²) < 4.78 is 5.64. The molecule has 2 nitrogen and oxygen atoms in total. The number of carbonyl (C=O) groups excluding carboxylic acids is 1. The van der Waals surface area contributed by atoms with Crippen molar-refractivity contribution >= 4 is 5.97 Å². The molecular weight excluding hydrogens is 392 g/mol. The summed E-state index contributed by atoms with van der Waals surface area (Å²) in [6, 6.07) is 0. The lowest BCUT2D eigenvalue weighted by atomic mass is 9.96. The average Bonchev–Trinajstić information content (AvgIpc) is 2.77. The SMILES string of the molecule is CCCCCCC(CCCC)COC(=O)CCCCCCCCCCCCCCC(C)C. The second-order valence-electron chi connectivity index (χ2n) is 10.7. The van der Waals surface area contributed by atoms with Gasteiger partial charge in [-0.05, 0) is 31.1 Å². The Morgan fingerprint density at radius 2 is 1.00 bits per heavy atom. The Balaban J connectivity index is 3.49. The van der Waals surface area contributed by atoms with E-state index < -0.39 is 0 Å². The van der Waals surface area contributed by atoms with E-state index in [1.165, 1.54) is 128 Å². The number of esters is 1. The van der Waals surface area contributed by atoms with Crippen LogP contribution in [-0.4, -0.2) is 12.6 Å². The molecule has 0 aliphatic rings. The maximum absolute atomic E-state index is 12.1. The minimum Gasteiger partial charge on any atom is -0.465 e. The number of ether oxygens (including phenoxy) is 1. The summed E-state index contributed by atoms with van der Waals surface area (Å²) in [5.41, 5.74) is 0. The molecule has 0 aromatic rings. The molecule has 0 rings (SSSR count). The van der Waals surface area contributed by atoms with E-state index in [2.05, 4.69) is 27.7 Å². The molecule has 0 radical (unpaired) electrons. The highest BCUT2D eigenvalue weighted by atomic mass is 16.5. The van der Waals surface area contributed by atoms with Crippen molar-refractivity contribution in [3.8, 4) is 0 Å². The van der Waals surface area contributed by atoms with Crippen LogP contribution in [0.25, 0.3) is 0 Å². The molecule has 0 aliphatic carbocycles. The molecule has 0 saturated carbocycles. The van der Waals surface area contributed by atoms with E-state index in [4.69, 9.17) is 4.74 Å². The topological polar surface area (TPSA) is 26.3 Å². The number of hydrogen-bond donors (Lipinski definition) is 0. The third-order valence-corrected chi connectivity index (χ3v) is 6.82. The molecular formula is C30H60O2. The standard InChI is InChI=1S/C30H60O2/c1-5-7-9-21-25-29(24-8-6-2)27-32-30(31)26-22-19-17-15-13-11-10-12-14-16-18-20-23-28(3)4/h28-29H,5-27H2,1-4H3. The summed E-state index contributed by atoms with van der Waals surface area (Å²) in [7, 11) is 0. The average molecular weight is 453 g/mol. The first-order valence-corrected chi connectivity index (χ1v) is 14.8. The molecule has 32 heavy (non-hydrogen) atoms. The van der Waals surface area contributed by atoms with Gasteiger partial charge in [-0.1, -0.05) is 143 Å². The van der Waals surface area contributed by atoms with Gasteiger partial charge in [0.25, 0.3) is 0 Å². The highest BCUT2D eigenvalue weighted by Crippen LogP contribution is 2.19. The highest BCUT2D eigenvalue weighted by molar-refractivity contribution is 5.69. The predicted molar refractivity (Wildman–Crippen MR) is 142 cm³/mol. The number of unbranched alkanes of at least 4 members (excludes halogenated alkanes) is 15. The van der Waals surface area contributed by atoms with Gasteiger partial charge in [0.1, 0.15) is 0 Å². The molecule has 0 amide bonds. The first kappa shape index (κ1) is 31.5. The zero-order chi connectivity index (χ0) is 23.7. The fourth-order valence-electron chi connectivity index (χ4n) is 4.54. The number of rotatable bonds is 25. The van der Waals surface area contributed by atoms with Crippen LogP contribution < -0.4 is 0 Å². The summed E-state index contributed by atoms with van der Waals surface area (Å²) in [5, 5.41) is 0. The van der Waals surface area contributed by atoms with Gasteiger partial charge in [-0.25, -0.2) is 0 Å². The number of carbonyl (C=O) groups is 1. The van der Waals surface area contributed by atoms with Crippen molar-refractivity contribution in [1.29, 1.82) is 0 Å². The van der Waals surface area contributed by atoms with Crippen molar-refractivity contribution in [3.05, 3.63) is 0 Å². The molecule has 0 spiro atoms. The predicted octanol–water partition coefficient (Wildman–Crippen LogP) is 10.4. The molecule has 192 valence electrons. The molecule has 0 bridgehead atoms. The van der Waals surface area contributed by atoms with Crippen LogP contribution >= 0.6 is 0 Å². The molecule has 0 aromatic carbocycles. The first-order valence-electron chi connectivity index (χ1n) is 14.8. The molecule has 0 aromatic heterocycles. The summed E-state index contributed by atoms with van der Waals surface area (Å²) >= 11 is 0. The molecule has 1 atom stereocenters. The van der Waals surface area contributed by atoms with Gasteiger partial charge < -0.3 is 4.74 Å². The van der Waals surface area contributed by atoms with Gasteiger partial charge in [-0.3, -0.25) is 4.79 Å². The van der Waals surface area contributed by atoms with Crippen molar-refractivity contribution in [2.75, 3.05) is 6.61 Å². The van der Waals surface area contributed by atoms with E-state index in [1.807, 2.05) is 0 Å². The molecule has 0 heterocycles. The van der Waals surface area contributed by atoms with E-state index >= 15 is 0 Å². The van der Waals surface area contributed by atoms with Crippen LogP contribution in [0.2, 0.25) is 0 Å². The number of hydrogen-bond acceptors (Lipinski definition) is 2. The summed E-state index contributed by atoms with van der Waals surface area (Å²) in [6.07, 6.45) is 28.3. The van der Waals surface area contributed by atoms with Gasteiger partial charge in [0, 0.05) is 6.42 Å². The lowest BCUT2D eigenvalue weighted by Crippen LogP contribution is -2.14. The first-order chi connectivity index (χ1) is 15.6. The maximum Gasteiger partial charge on any atom is 0.305 e. The van der Waals surface area contributed by atoms with Gasteiger partial charge in [-0.15, -0.1) is 0 Å². The zero-order valence-electron chi connectivity index (χ0n) is 22.7. The van der Waals surface area contributed by atoms with E-state index in [1.54, 1.807) is 0 Å². The fraction of sp³-hybridized carbons (Fsp3) is 0.967. The molecule has 0 N–H and O–H groups in total. The van der Waals surface area contributed by atoms with Crippen LogP contribution in [0.3, 0.4) is 0 Å². The van der Waals surface area contributed by atoms with Crippen LogP contribution in [0.1, 0.15) is 169 Å². The van der Waals surface area contributed by atoms with Gasteiger partial charge in [0.2, 0.25) is 0 Å². The molecule has 0 fully saturated rings. The van der Waals surface area contributed by atoms with Crippen molar-refractivity contribution in [3.63, 3.8) is 0 Å². The molecule has 2 heteroatoms. The summed E-state index contributed by atoms with van der Waals surface area (Å²) in [6.45, 7) is 9.81. The lowest BCUT2D eigenvalue weighted by molar-refractivity contribution is -0.145. The smallest absolute Gasteiger partial charge is 0.305 e. The Hall–Kier alpha value is -0.530. The van der Waals surface area contributed by atoms with Crippen molar-refractivity contribution < 1.29 is 9.53 Å². The highest BCUT2D eigenvalue weighted by Gasteiger charge is 2.11. The van der Waals surface area contributed by atoms with Gasteiger partial charge >= 0.3 is 5.97 Å². The minimum absolute atomic E-state index is 0.0356. The summed E-state index contributed by atoms with van der Waals surface area (Å²) in [4.78, 5) is 12.1. The Morgan fingerprint density at radius 1 is 0.562 bits per heavy atom. The zero-order valence-corrected chi connectivity index (χ0v) is 22.7. The maximum atomic E-state index is 12.1. The Morgan fingerprint density at radius 3 is 1.53 bits per heavy atom. The van der Waals surface area contributed by atoms with Crippen molar-refractivity contribution in [2.24, 2.45) is 11.8 Å². The molecule has 0 saturated heterocycles. The molecule has 1 unspecified atom stereocenters. The van der Waals surface area contributed by atoms with Gasteiger partial charge in [0.15, 0.2) is 0 Å². The normalized spacial score (nSPS) is 12.4. The Kier molecular flexibility index (Phi) is 24.7. The Labute approximate surface area is 203 Å². The Bertz CT molecular complexity index is 377. The largest absolute Gasteiger partial charge is 0.465 e. The lowest BCUT2D eigenvalue weighted by Gasteiger charge is -2.16. The van der Waals surface area contributed by atoms with E-state index in [9.17, 15) is 4.79 Å². The third-order valence-electron chi connectivity index (χ3n) is 6.82. The fourth-order valence-corrected chi connectivity index (χ4v) is 4.54. The van der Waals surface area contributed by atoms with Crippen LogP contribution in [-0.2, 0) is 9.53 Å². The van der Waals surface area contributed by atoms with Crippen LogP contribution in [0, 0.1) is 11.8 Å². The second-order valence-corrected chi connectivity index (χ2v) is 10.7. The monoisotopic (exact) mass is 452 g/mol. The van der Waals surface area contributed by atoms with Crippen molar-refractivity contribution in [2.45, 2.75) is 169 Å². The van der Waals surface area contributed by atoms with Crippen molar-refractivity contribution in [1.82, 2.24) is 0 Å². The van der Waals surface area contributed by atoms with E-state index in [0.717, 1.165) is 12.3 Å². The minimum atomic E-state index is 0.0356. The quantitative estimate of drug-likeness (QED) is 0.102.